The first-order valence-corrected chi connectivity index (χ1v) is 6.12. The van der Waals surface area contributed by atoms with Crippen LogP contribution in [0.4, 0.5) is 0 Å². The summed E-state index contributed by atoms with van der Waals surface area (Å²) in [5.74, 6) is 0. The number of fused-ring (bicyclic) bond motifs is 1. The maximum Gasteiger partial charge on any atom is 0.0555 e. The van der Waals surface area contributed by atoms with Gasteiger partial charge in [0.05, 0.1) is 5.02 Å². The molecule has 0 aliphatic rings. The number of hydrogen-bond donors (Lipinski definition) is 0. The van der Waals surface area contributed by atoms with Gasteiger partial charge in [-0.15, -0.1) is 11.3 Å². The van der Waals surface area contributed by atoms with Crippen LogP contribution in [0.2, 0.25) is 5.02 Å². The zero-order valence-electron chi connectivity index (χ0n) is 7.10. The van der Waals surface area contributed by atoms with Crippen molar-refractivity contribution in [2.75, 3.05) is 0 Å². The Hall–Kier alpha value is -0.0500. The minimum absolute atomic E-state index is 0.792. The van der Waals surface area contributed by atoms with Crippen molar-refractivity contribution in [3.8, 4) is 0 Å². The van der Waals surface area contributed by atoms with E-state index in [1.54, 1.807) is 11.3 Å². The first-order chi connectivity index (χ1) is 6.22. The summed E-state index contributed by atoms with van der Waals surface area (Å²) in [6, 6.07) is 4.12. The van der Waals surface area contributed by atoms with Gasteiger partial charge in [-0.25, -0.2) is 0 Å². The Balaban J connectivity index is 2.77. The maximum absolute atomic E-state index is 6.03. The van der Waals surface area contributed by atoms with E-state index in [0.717, 1.165) is 15.9 Å². The molecule has 0 aliphatic carbocycles. The predicted molar refractivity (Wildman–Crippen MR) is 63.9 cm³/mol. The highest BCUT2D eigenvalue weighted by Crippen LogP contribution is 2.33. The molecule has 1 aromatic carbocycles. The zero-order chi connectivity index (χ0) is 9.42. The molecule has 13 heavy (non-hydrogen) atoms. The summed E-state index contributed by atoms with van der Waals surface area (Å²) in [5.41, 5.74) is 1.38. The van der Waals surface area contributed by atoms with Crippen molar-refractivity contribution in [3.63, 3.8) is 0 Å². The van der Waals surface area contributed by atoms with E-state index in [-0.39, 0.29) is 0 Å². The van der Waals surface area contributed by atoms with Gasteiger partial charge in [0.25, 0.3) is 0 Å². The van der Waals surface area contributed by atoms with Crippen LogP contribution in [0.3, 0.4) is 0 Å². The van der Waals surface area contributed by atoms with Crippen LogP contribution >= 0.6 is 38.9 Å². The summed E-state index contributed by atoms with van der Waals surface area (Å²) in [7, 11) is 0. The van der Waals surface area contributed by atoms with Gasteiger partial charge < -0.3 is 0 Å². The van der Waals surface area contributed by atoms with Gasteiger partial charge in [0.2, 0.25) is 0 Å². The van der Waals surface area contributed by atoms with Crippen LogP contribution in [0.25, 0.3) is 10.1 Å². The quantitative estimate of drug-likeness (QED) is 0.696. The highest BCUT2D eigenvalue weighted by Gasteiger charge is 2.05. The first-order valence-electron chi connectivity index (χ1n) is 4.07. The van der Waals surface area contributed by atoms with Gasteiger partial charge in [-0.1, -0.05) is 18.5 Å². The van der Waals surface area contributed by atoms with Crippen LogP contribution in [0.15, 0.2) is 22.0 Å². The van der Waals surface area contributed by atoms with Crippen molar-refractivity contribution in [2.45, 2.75) is 13.3 Å². The van der Waals surface area contributed by atoms with Gasteiger partial charge in [0.15, 0.2) is 0 Å². The largest absolute Gasteiger partial charge is 0.143 e. The molecular weight excluding hydrogens is 268 g/mol. The van der Waals surface area contributed by atoms with Crippen molar-refractivity contribution in [2.24, 2.45) is 0 Å². The first kappa shape index (κ1) is 9.50. The molecule has 0 aliphatic heterocycles. The molecule has 1 heterocycles. The Bertz CT molecular complexity index is 447. The summed E-state index contributed by atoms with van der Waals surface area (Å²) in [4.78, 5) is 0. The van der Waals surface area contributed by atoms with Gasteiger partial charge in [0, 0.05) is 9.17 Å². The number of benzene rings is 1. The molecule has 0 nitrogen and oxygen atoms in total. The molecular formula is C10H8BrClS. The summed E-state index contributed by atoms with van der Waals surface area (Å²) in [6.45, 7) is 2.16. The van der Waals surface area contributed by atoms with E-state index in [9.17, 15) is 0 Å². The number of hydrogen-bond acceptors (Lipinski definition) is 1. The van der Waals surface area contributed by atoms with Gasteiger partial charge in [-0.3, -0.25) is 0 Å². The van der Waals surface area contributed by atoms with E-state index < -0.39 is 0 Å². The molecule has 2 aromatic rings. The smallest absolute Gasteiger partial charge is 0.0555 e. The van der Waals surface area contributed by atoms with Crippen molar-refractivity contribution < 1.29 is 0 Å². The fraction of sp³-hybridized carbons (Fsp3) is 0.200. The second kappa shape index (κ2) is 3.60. The van der Waals surface area contributed by atoms with Gasteiger partial charge in [0.1, 0.15) is 0 Å². The Kier molecular flexibility index (Phi) is 2.63. The fourth-order valence-electron chi connectivity index (χ4n) is 1.35. The molecule has 0 amide bonds. The third-order valence-corrected chi connectivity index (χ3v) is 4.27. The molecule has 2 rings (SSSR count). The van der Waals surface area contributed by atoms with Gasteiger partial charge >= 0.3 is 0 Å². The third-order valence-electron chi connectivity index (χ3n) is 2.08. The number of halogens is 2. The van der Waals surface area contributed by atoms with E-state index >= 15 is 0 Å². The molecule has 0 fully saturated rings. The molecule has 1 aromatic heterocycles. The van der Waals surface area contributed by atoms with Crippen molar-refractivity contribution in [1.29, 1.82) is 0 Å². The normalized spacial score (nSPS) is 11.0. The molecule has 3 heteroatoms. The molecule has 0 spiro atoms. The van der Waals surface area contributed by atoms with E-state index in [4.69, 9.17) is 11.6 Å². The van der Waals surface area contributed by atoms with Crippen LogP contribution in [0.5, 0.6) is 0 Å². The summed E-state index contributed by atoms with van der Waals surface area (Å²) >= 11 is 11.2. The lowest BCUT2D eigenvalue weighted by Gasteiger charge is -1.97. The molecule has 68 valence electrons. The zero-order valence-corrected chi connectivity index (χ0v) is 10.3. The predicted octanol–water partition coefficient (Wildman–Crippen LogP) is 4.88. The Morgan fingerprint density at radius 2 is 2.23 bits per heavy atom. The lowest BCUT2D eigenvalue weighted by molar-refractivity contribution is 1.17. The summed E-state index contributed by atoms with van der Waals surface area (Å²) < 4.78 is 2.28. The van der Waals surface area contributed by atoms with Crippen molar-refractivity contribution >= 4 is 49.0 Å². The molecule has 0 saturated heterocycles. The van der Waals surface area contributed by atoms with E-state index in [2.05, 4.69) is 34.3 Å². The van der Waals surface area contributed by atoms with Gasteiger partial charge in [-0.2, -0.15) is 0 Å². The second-order valence-corrected chi connectivity index (χ2v) is 5.05. The Morgan fingerprint density at radius 1 is 1.46 bits per heavy atom. The lowest BCUT2D eigenvalue weighted by Crippen LogP contribution is -1.76. The number of rotatable bonds is 1. The minimum Gasteiger partial charge on any atom is -0.143 e. The molecule has 0 bridgehead atoms. The molecule has 0 N–H and O–H groups in total. The Morgan fingerprint density at radius 3 is 2.92 bits per heavy atom. The van der Waals surface area contributed by atoms with E-state index in [0.29, 0.717) is 0 Å². The highest BCUT2D eigenvalue weighted by molar-refractivity contribution is 9.10. The average Bonchev–Trinajstić information content (AvgIpc) is 2.48. The highest BCUT2D eigenvalue weighted by atomic mass is 79.9. The Labute approximate surface area is 94.7 Å². The van der Waals surface area contributed by atoms with Crippen LogP contribution in [0, 0.1) is 0 Å². The van der Waals surface area contributed by atoms with Crippen LogP contribution < -0.4 is 0 Å². The fourth-order valence-corrected chi connectivity index (χ4v) is 3.07. The molecule has 0 unspecified atom stereocenters. The van der Waals surface area contributed by atoms with Gasteiger partial charge in [-0.05, 0) is 50.8 Å². The monoisotopic (exact) mass is 274 g/mol. The molecule has 0 radical (unpaired) electrons. The van der Waals surface area contributed by atoms with E-state index in [1.807, 2.05) is 6.07 Å². The van der Waals surface area contributed by atoms with E-state index in [1.165, 1.54) is 15.6 Å². The van der Waals surface area contributed by atoms with Crippen molar-refractivity contribution in [1.82, 2.24) is 0 Å². The summed E-state index contributed by atoms with van der Waals surface area (Å²) in [5, 5.41) is 4.29. The standard InChI is InChI=1S/C10H8BrClS/c1-2-6-5-13-10-4-8(11)9(12)3-7(6)10/h3-5H,2H2,1H3. The third kappa shape index (κ3) is 1.63. The number of thiophene rings is 1. The molecule has 0 saturated carbocycles. The second-order valence-electron chi connectivity index (χ2n) is 2.88. The lowest BCUT2D eigenvalue weighted by atomic mass is 10.1. The SMILES string of the molecule is CCc1csc2cc(Br)c(Cl)cc12. The van der Waals surface area contributed by atoms with Crippen LogP contribution in [-0.4, -0.2) is 0 Å². The maximum atomic E-state index is 6.03. The van der Waals surface area contributed by atoms with Crippen LogP contribution in [0.1, 0.15) is 12.5 Å². The van der Waals surface area contributed by atoms with Crippen LogP contribution in [-0.2, 0) is 6.42 Å². The average molecular weight is 276 g/mol. The topological polar surface area (TPSA) is 0 Å². The summed E-state index contributed by atoms with van der Waals surface area (Å²) in [6.07, 6.45) is 1.07. The number of aryl methyl sites for hydroxylation is 1. The molecule has 0 atom stereocenters. The minimum atomic E-state index is 0.792. The van der Waals surface area contributed by atoms with Crippen molar-refractivity contribution in [3.05, 3.63) is 32.6 Å².